The first-order valence-electron chi connectivity index (χ1n) is 10.9. The molecule has 4 rings (SSSR count). The fraction of sp³-hybridized carbons (Fsp3) is 0.250. The van der Waals surface area contributed by atoms with Crippen molar-refractivity contribution in [2.24, 2.45) is 0 Å². The first-order chi connectivity index (χ1) is 15.1. The summed E-state index contributed by atoms with van der Waals surface area (Å²) >= 11 is 0. The molecule has 0 atom stereocenters. The van der Waals surface area contributed by atoms with E-state index in [2.05, 4.69) is 24.3 Å². The van der Waals surface area contributed by atoms with E-state index in [0.717, 1.165) is 40.2 Å². The number of fused-ring (bicyclic) bond motifs is 1. The van der Waals surface area contributed by atoms with Gasteiger partial charge in [0.2, 0.25) is 0 Å². The Hall–Kier alpha value is -3.33. The fourth-order valence-electron chi connectivity index (χ4n) is 4.10. The second-order valence-electron chi connectivity index (χ2n) is 7.99. The van der Waals surface area contributed by atoms with Crippen molar-refractivity contribution in [3.63, 3.8) is 0 Å². The van der Waals surface area contributed by atoms with Crippen LogP contribution in [0.15, 0.2) is 78.4 Å². The maximum absolute atomic E-state index is 13.6. The van der Waals surface area contributed by atoms with Crippen LogP contribution >= 0.6 is 0 Å². The Balaban J connectivity index is 1.80. The van der Waals surface area contributed by atoms with Crippen LogP contribution in [0.25, 0.3) is 5.57 Å². The van der Waals surface area contributed by atoms with Gasteiger partial charge < -0.3 is 9.47 Å². The van der Waals surface area contributed by atoms with Crippen molar-refractivity contribution in [1.82, 2.24) is 0 Å². The summed E-state index contributed by atoms with van der Waals surface area (Å²) in [7, 11) is 0. The van der Waals surface area contributed by atoms with Crippen LogP contribution in [0.4, 0.5) is 0 Å². The van der Waals surface area contributed by atoms with Crippen molar-refractivity contribution in [3.05, 3.63) is 101 Å². The van der Waals surface area contributed by atoms with Gasteiger partial charge in [-0.15, -0.1) is 0 Å². The van der Waals surface area contributed by atoms with Gasteiger partial charge in [-0.2, -0.15) is 0 Å². The summed E-state index contributed by atoms with van der Waals surface area (Å²) < 4.78 is 11.5. The lowest BCUT2D eigenvalue weighted by Crippen LogP contribution is -2.14. The highest BCUT2D eigenvalue weighted by atomic mass is 16.5. The number of ether oxygens (including phenoxy) is 2. The Bertz CT molecular complexity index is 1090. The molecule has 0 amide bonds. The third kappa shape index (κ3) is 4.56. The van der Waals surface area contributed by atoms with Crippen LogP contribution in [0.1, 0.15) is 54.2 Å². The number of hydrogen-bond acceptors (Lipinski definition) is 3. The van der Waals surface area contributed by atoms with E-state index >= 15 is 0 Å². The molecule has 0 radical (unpaired) electrons. The molecule has 158 valence electrons. The zero-order valence-corrected chi connectivity index (χ0v) is 18.4. The van der Waals surface area contributed by atoms with Gasteiger partial charge in [0.05, 0.1) is 12.7 Å². The average Bonchev–Trinajstić information content (AvgIpc) is 2.79. The van der Waals surface area contributed by atoms with E-state index in [4.69, 9.17) is 9.47 Å². The normalized spacial score (nSPS) is 13.2. The molecule has 3 aromatic rings. The number of carbonyl (C=O) groups excluding carboxylic acids is 1. The topological polar surface area (TPSA) is 35.5 Å². The van der Waals surface area contributed by atoms with Gasteiger partial charge in [-0.25, -0.2) is 0 Å². The summed E-state index contributed by atoms with van der Waals surface area (Å²) in [6, 6.07) is 23.9. The van der Waals surface area contributed by atoms with Crippen molar-refractivity contribution < 1.29 is 14.3 Å². The number of Topliss-reactive ketones (excluding diaryl/α,β-unsaturated/α-hetero) is 1. The number of benzene rings is 3. The molecule has 0 aliphatic heterocycles. The summed E-state index contributed by atoms with van der Waals surface area (Å²) in [5.74, 6) is 1.68. The SMILES string of the molecule is CCOc1ccc2c(c1)C(c1ccccc1)=C(C(=O)c1ccc(OC(C)C)cc1)CC2. The molecule has 0 N–H and O–H groups in total. The number of hydrogen-bond donors (Lipinski definition) is 0. The number of rotatable bonds is 7. The molecular weight excluding hydrogens is 384 g/mol. The Kier molecular flexibility index (Phi) is 6.22. The standard InChI is InChI=1S/C28H28O3/c1-4-30-24-16-10-20-13-17-25(27(26(20)18-24)21-8-6-5-7-9-21)28(29)22-11-14-23(15-12-22)31-19(2)3/h5-12,14-16,18-19H,4,13,17H2,1-3H3. The van der Waals surface area contributed by atoms with Gasteiger partial charge in [-0.1, -0.05) is 36.4 Å². The molecule has 1 aliphatic rings. The second-order valence-corrected chi connectivity index (χ2v) is 7.99. The van der Waals surface area contributed by atoms with Gasteiger partial charge in [0.25, 0.3) is 0 Å². The third-order valence-corrected chi connectivity index (χ3v) is 5.43. The molecule has 0 unspecified atom stereocenters. The van der Waals surface area contributed by atoms with Crippen molar-refractivity contribution in [3.8, 4) is 11.5 Å². The molecule has 3 aromatic carbocycles. The quantitative estimate of drug-likeness (QED) is 0.415. The number of aryl methyl sites for hydroxylation is 1. The molecule has 3 heteroatoms. The highest BCUT2D eigenvalue weighted by Crippen LogP contribution is 2.39. The third-order valence-electron chi connectivity index (χ3n) is 5.43. The number of allylic oxidation sites excluding steroid dienone is 1. The predicted octanol–water partition coefficient (Wildman–Crippen LogP) is 6.50. The lowest BCUT2D eigenvalue weighted by atomic mass is 9.79. The van der Waals surface area contributed by atoms with Crippen LogP contribution in [-0.2, 0) is 6.42 Å². The zero-order chi connectivity index (χ0) is 21.8. The summed E-state index contributed by atoms with van der Waals surface area (Å²) in [5.41, 5.74) is 5.94. The maximum atomic E-state index is 13.6. The lowest BCUT2D eigenvalue weighted by Gasteiger charge is -2.24. The predicted molar refractivity (Wildman–Crippen MR) is 125 cm³/mol. The van der Waals surface area contributed by atoms with E-state index in [1.165, 1.54) is 5.56 Å². The van der Waals surface area contributed by atoms with Gasteiger partial charge >= 0.3 is 0 Å². The summed E-state index contributed by atoms with van der Waals surface area (Å²) in [5, 5.41) is 0. The minimum Gasteiger partial charge on any atom is -0.494 e. The molecule has 0 fully saturated rings. The number of carbonyl (C=O) groups is 1. The minimum absolute atomic E-state index is 0.0717. The first kappa shape index (κ1) is 20.9. The molecule has 3 nitrogen and oxygen atoms in total. The molecular formula is C28H28O3. The molecule has 1 aliphatic carbocycles. The van der Waals surface area contributed by atoms with Crippen LogP contribution < -0.4 is 9.47 Å². The zero-order valence-electron chi connectivity index (χ0n) is 18.4. The molecule has 0 heterocycles. The van der Waals surface area contributed by atoms with E-state index in [9.17, 15) is 4.79 Å². The van der Waals surface area contributed by atoms with Crippen LogP contribution in [0.5, 0.6) is 11.5 Å². The van der Waals surface area contributed by atoms with Crippen molar-refractivity contribution in [1.29, 1.82) is 0 Å². The van der Waals surface area contributed by atoms with Gasteiger partial charge in [-0.05, 0) is 92.3 Å². The number of ketones is 1. The highest BCUT2D eigenvalue weighted by molar-refractivity contribution is 6.15. The highest BCUT2D eigenvalue weighted by Gasteiger charge is 2.26. The van der Waals surface area contributed by atoms with Crippen LogP contribution in [0.2, 0.25) is 0 Å². The van der Waals surface area contributed by atoms with Gasteiger partial charge in [-0.3, -0.25) is 4.79 Å². The van der Waals surface area contributed by atoms with Crippen molar-refractivity contribution in [2.75, 3.05) is 6.61 Å². The van der Waals surface area contributed by atoms with Gasteiger partial charge in [0.1, 0.15) is 11.5 Å². The maximum Gasteiger partial charge on any atom is 0.189 e. The molecule has 0 saturated heterocycles. The van der Waals surface area contributed by atoms with E-state index in [0.29, 0.717) is 18.6 Å². The molecule has 0 spiro atoms. The average molecular weight is 413 g/mol. The smallest absolute Gasteiger partial charge is 0.189 e. The summed E-state index contributed by atoms with van der Waals surface area (Å²) in [6.45, 7) is 6.58. The van der Waals surface area contributed by atoms with Crippen LogP contribution in [0, 0.1) is 0 Å². The molecule has 31 heavy (non-hydrogen) atoms. The van der Waals surface area contributed by atoms with E-state index in [-0.39, 0.29) is 11.9 Å². The van der Waals surface area contributed by atoms with Gasteiger partial charge in [0, 0.05) is 11.1 Å². The second kappa shape index (κ2) is 9.22. The minimum atomic E-state index is 0.0717. The Labute approximate surface area is 184 Å². The monoisotopic (exact) mass is 412 g/mol. The van der Waals surface area contributed by atoms with Gasteiger partial charge in [0.15, 0.2) is 5.78 Å². The first-order valence-corrected chi connectivity index (χ1v) is 10.9. The van der Waals surface area contributed by atoms with Crippen molar-refractivity contribution >= 4 is 11.4 Å². The molecule has 0 aromatic heterocycles. The van der Waals surface area contributed by atoms with E-state index < -0.39 is 0 Å². The Morgan fingerprint density at radius 2 is 1.61 bits per heavy atom. The molecule has 0 saturated carbocycles. The summed E-state index contributed by atoms with van der Waals surface area (Å²) in [6.07, 6.45) is 1.66. The Morgan fingerprint density at radius 3 is 2.29 bits per heavy atom. The molecule has 0 bridgehead atoms. The van der Waals surface area contributed by atoms with Crippen LogP contribution in [0.3, 0.4) is 0 Å². The summed E-state index contributed by atoms with van der Waals surface area (Å²) in [4.78, 5) is 13.6. The van der Waals surface area contributed by atoms with Crippen molar-refractivity contribution in [2.45, 2.75) is 39.7 Å². The van der Waals surface area contributed by atoms with E-state index in [1.807, 2.05) is 69.3 Å². The largest absolute Gasteiger partial charge is 0.494 e. The van der Waals surface area contributed by atoms with Crippen LogP contribution in [-0.4, -0.2) is 18.5 Å². The fourth-order valence-corrected chi connectivity index (χ4v) is 4.10. The Morgan fingerprint density at radius 1 is 0.903 bits per heavy atom. The van der Waals surface area contributed by atoms with E-state index in [1.54, 1.807) is 0 Å². The lowest BCUT2D eigenvalue weighted by molar-refractivity contribution is 0.103.